The van der Waals surface area contributed by atoms with E-state index in [-0.39, 0.29) is 6.61 Å². The zero-order valence-corrected chi connectivity index (χ0v) is 8.00. The molecule has 0 unspecified atom stereocenters. The van der Waals surface area contributed by atoms with E-state index in [4.69, 9.17) is 5.11 Å². The molecular formula is C10H13F2NO. The van der Waals surface area contributed by atoms with Gasteiger partial charge < -0.3 is 10.0 Å². The van der Waals surface area contributed by atoms with E-state index in [2.05, 4.69) is 0 Å². The van der Waals surface area contributed by atoms with E-state index in [9.17, 15) is 8.78 Å². The minimum atomic E-state index is -0.849. The Morgan fingerprint density at radius 1 is 1.29 bits per heavy atom. The first-order valence-electron chi connectivity index (χ1n) is 4.42. The number of rotatable bonds is 4. The molecule has 1 aromatic rings. The fourth-order valence-corrected chi connectivity index (χ4v) is 1.16. The summed E-state index contributed by atoms with van der Waals surface area (Å²) < 4.78 is 25.4. The summed E-state index contributed by atoms with van der Waals surface area (Å²) >= 11 is 0. The summed E-state index contributed by atoms with van der Waals surface area (Å²) in [5, 5.41) is 8.60. The molecule has 0 aliphatic rings. The Kier molecular flexibility index (Phi) is 3.83. The summed E-state index contributed by atoms with van der Waals surface area (Å²) in [6, 6.07) is 3.75. The Morgan fingerprint density at radius 3 is 2.57 bits per heavy atom. The molecule has 0 amide bonds. The molecule has 0 fully saturated rings. The van der Waals surface area contributed by atoms with E-state index < -0.39 is 11.6 Å². The van der Waals surface area contributed by atoms with Gasteiger partial charge in [0.1, 0.15) is 0 Å². The van der Waals surface area contributed by atoms with Gasteiger partial charge in [-0.2, -0.15) is 0 Å². The number of hydrogen-bond acceptors (Lipinski definition) is 2. The standard InChI is InChI=1S/C10H13F2NO/c1-13(5-2-6-14)8-3-4-9(11)10(12)7-8/h3-4,7,14H,2,5-6H2,1H3. The molecular weight excluding hydrogens is 188 g/mol. The van der Waals surface area contributed by atoms with Gasteiger partial charge in [0.2, 0.25) is 0 Å². The van der Waals surface area contributed by atoms with Crippen LogP contribution in [-0.2, 0) is 0 Å². The number of benzene rings is 1. The van der Waals surface area contributed by atoms with Gasteiger partial charge in [0, 0.05) is 32.0 Å². The van der Waals surface area contributed by atoms with Crippen LogP contribution in [0.1, 0.15) is 6.42 Å². The van der Waals surface area contributed by atoms with E-state index in [1.807, 2.05) is 0 Å². The first-order valence-corrected chi connectivity index (χ1v) is 4.42. The third-order valence-electron chi connectivity index (χ3n) is 2.00. The maximum Gasteiger partial charge on any atom is 0.160 e. The van der Waals surface area contributed by atoms with Gasteiger partial charge in [0.25, 0.3) is 0 Å². The second-order valence-corrected chi connectivity index (χ2v) is 3.10. The monoisotopic (exact) mass is 201 g/mol. The summed E-state index contributed by atoms with van der Waals surface area (Å²) in [6.07, 6.45) is 0.607. The quantitative estimate of drug-likeness (QED) is 0.802. The van der Waals surface area contributed by atoms with Crippen LogP contribution in [-0.4, -0.2) is 25.3 Å². The molecule has 0 spiro atoms. The zero-order valence-electron chi connectivity index (χ0n) is 8.00. The van der Waals surface area contributed by atoms with Gasteiger partial charge in [-0.3, -0.25) is 0 Å². The van der Waals surface area contributed by atoms with Crippen molar-refractivity contribution in [3.05, 3.63) is 29.8 Å². The van der Waals surface area contributed by atoms with Crippen LogP contribution in [0.15, 0.2) is 18.2 Å². The lowest BCUT2D eigenvalue weighted by molar-refractivity contribution is 0.290. The molecule has 0 saturated heterocycles. The molecule has 4 heteroatoms. The van der Waals surface area contributed by atoms with Crippen molar-refractivity contribution in [3.63, 3.8) is 0 Å². The van der Waals surface area contributed by atoms with Crippen LogP contribution in [0.25, 0.3) is 0 Å². The van der Waals surface area contributed by atoms with Gasteiger partial charge in [0.15, 0.2) is 11.6 Å². The Hall–Kier alpha value is -1.16. The third-order valence-corrected chi connectivity index (χ3v) is 2.00. The summed E-state index contributed by atoms with van der Waals surface area (Å²) in [6.45, 7) is 0.704. The minimum Gasteiger partial charge on any atom is -0.396 e. The van der Waals surface area contributed by atoms with Crippen LogP contribution in [0.5, 0.6) is 0 Å². The van der Waals surface area contributed by atoms with Gasteiger partial charge in [-0.1, -0.05) is 0 Å². The topological polar surface area (TPSA) is 23.5 Å². The van der Waals surface area contributed by atoms with Crippen LogP contribution in [0.4, 0.5) is 14.5 Å². The molecule has 0 saturated carbocycles. The lowest BCUT2D eigenvalue weighted by Crippen LogP contribution is -2.19. The minimum absolute atomic E-state index is 0.0913. The van der Waals surface area contributed by atoms with Crippen molar-refractivity contribution < 1.29 is 13.9 Å². The molecule has 0 aromatic heterocycles. The van der Waals surface area contributed by atoms with Gasteiger partial charge in [-0.15, -0.1) is 0 Å². The summed E-state index contributed by atoms with van der Waals surface area (Å²) in [7, 11) is 1.77. The Bertz CT molecular complexity index is 304. The molecule has 0 aliphatic heterocycles. The fraction of sp³-hybridized carbons (Fsp3) is 0.400. The first kappa shape index (κ1) is 10.9. The highest BCUT2D eigenvalue weighted by Gasteiger charge is 2.05. The van der Waals surface area contributed by atoms with Gasteiger partial charge in [-0.25, -0.2) is 8.78 Å². The highest BCUT2D eigenvalue weighted by Crippen LogP contribution is 2.16. The molecule has 1 aromatic carbocycles. The Balaban J connectivity index is 2.70. The van der Waals surface area contributed by atoms with Crippen molar-refractivity contribution >= 4 is 5.69 Å². The zero-order chi connectivity index (χ0) is 10.6. The number of aliphatic hydroxyl groups is 1. The predicted octanol–water partition coefficient (Wildman–Crippen LogP) is 1.78. The molecule has 14 heavy (non-hydrogen) atoms. The molecule has 0 radical (unpaired) electrons. The number of aliphatic hydroxyl groups excluding tert-OH is 1. The number of hydrogen-bond donors (Lipinski definition) is 1. The summed E-state index contributed by atoms with van der Waals surface area (Å²) in [5.74, 6) is -1.69. The van der Waals surface area contributed by atoms with Crippen LogP contribution >= 0.6 is 0 Å². The van der Waals surface area contributed by atoms with Crippen molar-refractivity contribution in [2.75, 3.05) is 25.1 Å². The van der Waals surface area contributed by atoms with Crippen molar-refractivity contribution in [3.8, 4) is 0 Å². The van der Waals surface area contributed by atoms with E-state index >= 15 is 0 Å². The van der Waals surface area contributed by atoms with Crippen molar-refractivity contribution in [2.24, 2.45) is 0 Å². The van der Waals surface area contributed by atoms with Crippen molar-refractivity contribution in [2.45, 2.75) is 6.42 Å². The number of anilines is 1. The predicted molar refractivity (Wildman–Crippen MR) is 51.3 cm³/mol. The molecule has 0 atom stereocenters. The fourth-order valence-electron chi connectivity index (χ4n) is 1.16. The first-order chi connectivity index (χ1) is 6.65. The maximum atomic E-state index is 12.8. The molecule has 1 rings (SSSR count). The lowest BCUT2D eigenvalue weighted by atomic mass is 10.2. The Labute approximate surface area is 81.8 Å². The van der Waals surface area contributed by atoms with Crippen LogP contribution in [0.2, 0.25) is 0 Å². The van der Waals surface area contributed by atoms with Gasteiger partial charge >= 0.3 is 0 Å². The highest BCUT2D eigenvalue weighted by molar-refractivity contribution is 5.45. The second-order valence-electron chi connectivity index (χ2n) is 3.10. The van der Waals surface area contributed by atoms with Crippen LogP contribution in [0, 0.1) is 11.6 Å². The molecule has 1 N–H and O–H groups in total. The lowest BCUT2D eigenvalue weighted by Gasteiger charge is -2.18. The Morgan fingerprint density at radius 2 is 2.00 bits per heavy atom. The van der Waals surface area contributed by atoms with E-state index in [1.165, 1.54) is 6.07 Å². The van der Waals surface area contributed by atoms with Crippen LogP contribution in [0.3, 0.4) is 0 Å². The normalized spacial score (nSPS) is 10.3. The second kappa shape index (κ2) is 4.91. The van der Waals surface area contributed by atoms with Crippen molar-refractivity contribution in [1.82, 2.24) is 0 Å². The largest absolute Gasteiger partial charge is 0.396 e. The maximum absolute atomic E-state index is 12.8. The van der Waals surface area contributed by atoms with Gasteiger partial charge in [0.05, 0.1) is 0 Å². The number of nitrogens with zero attached hydrogens (tertiary/aromatic N) is 1. The molecule has 0 heterocycles. The van der Waals surface area contributed by atoms with E-state index in [1.54, 1.807) is 11.9 Å². The average Bonchev–Trinajstić information content (AvgIpc) is 2.18. The van der Waals surface area contributed by atoms with E-state index in [0.717, 1.165) is 12.1 Å². The third kappa shape index (κ3) is 2.67. The number of halogens is 2. The average molecular weight is 201 g/mol. The summed E-state index contributed by atoms with van der Waals surface area (Å²) in [4.78, 5) is 1.76. The molecule has 78 valence electrons. The van der Waals surface area contributed by atoms with Gasteiger partial charge in [-0.05, 0) is 18.6 Å². The van der Waals surface area contributed by atoms with Crippen LogP contribution < -0.4 is 4.90 Å². The molecule has 0 aliphatic carbocycles. The molecule has 0 bridgehead atoms. The smallest absolute Gasteiger partial charge is 0.160 e. The molecule has 2 nitrogen and oxygen atoms in total. The van der Waals surface area contributed by atoms with Crippen molar-refractivity contribution in [1.29, 1.82) is 0 Å². The summed E-state index contributed by atoms with van der Waals surface area (Å²) in [5.41, 5.74) is 0.609. The highest BCUT2D eigenvalue weighted by atomic mass is 19.2. The van der Waals surface area contributed by atoms with E-state index in [0.29, 0.717) is 18.7 Å². The SMILES string of the molecule is CN(CCCO)c1ccc(F)c(F)c1.